The molecule has 0 aliphatic carbocycles. The molecule has 0 N–H and O–H groups in total. The molecule has 8 heteroatoms. The van der Waals surface area contributed by atoms with Gasteiger partial charge in [-0.1, -0.05) is 18.2 Å². The molecule has 2 atom stereocenters. The van der Waals surface area contributed by atoms with Gasteiger partial charge < -0.3 is 9.47 Å². The van der Waals surface area contributed by atoms with E-state index < -0.39 is 6.29 Å². The van der Waals surface area contributed by atoms with Gasteiger partial charge in [0, 0.05) is 28.2 Å². The van der Waals surface area contributed by atoms with E-state index in [9.17, 15) is 10.1 Å². The number of nitrogens with zero attached hydrogens (tertiary/aromatic N) is 3. The number of hydrogen-bond acceptors (Lipinski definition) is 6. The van der Waals surface area contributed by atoms with Crippen LogP contribution in [0, 0.1) is 10.1 Å². The van der Waals surface area contributed by atoms with Gasteiger partial charge in [0.1, 0.15) is 5.69 Å². The highest BCUT2D eigenvalue weighted by Crippen LogP contribution is 2.43. The molecule has 0 saturated carbocycles. The summed E-state index contributed by atoms with van der Waals surface area (Å²) in [6.45, 7) is 0.507. The number of fused-ring (bicyclic) bond motifs is 3. The summed E-state index contributed by atoms with van der Waals surface area (Å²) in [7, 11) is 0. The minimum atomic E-state index is -0.529. The third kappa shape index (κ3) is 2.33. The van der Waals surface area contributed by atoms with Crippen LogP contribution in [-0.4, -0.2) is 33.2 Å². The largest absolute Gasteiger partial charge is 0.344 e. The van der Waals surface area contributed by atoms with Crippen LogP contribution in [0.4, 0.5) is 5.69 Å². The molecule has 7 nitrogen and oxygen atoms in total. The van der Waals surface area contributed by atoms with Crippen molar-refractivity contribution in [3.05, 3.63) is 58.3 Å². The topological polar surface area (TPSA) is 79.4 Å². The zero-order chi connectivity index (χ0) is 17.0. The average molecular weight is 355 g/mol. The van der Waals surface area contributed by atoms with E-state index in [1.165, 1.54) is 0 Å². The summed E-state index contributed by atoms with van der Waals surface area (Å²) in [5.41, 5.74) is 2.27. The molecule has 0 unspecified atom stereocenters. The summed E-state index contributed by atoms with van der Waals surface area (Å²) in [6, 6.07) is 12.8. The van der Waals surface area contributed by atoms with Crippen LogP contribution in [-0.2, 0) is 9.47 Å². The smallest absolute Gasteiger partial charge is 0.272 e. The number of aromatic nitrogens is 2. The normalized spacial score (nSPS) is 21.9. The number of benzene rings is 2. The fourth-order valence-electron chi connectivity index (χ4n) is 3.23. The Morgan fingerprint density at radius 3 is 2.92 bits per heavy atom. The van der Waals surface area contributed by atoms with Gasteiger partial charge >= 0.3 is 0 Å². The Bertz CT molecular complexity index is 988. The highest BCUT2D eigenvalue weighted by molar-refractivity contribution is 7.99. The number of thioether (sulfide) groups is 1. The maximum Gasteiger partial charge on any atom is 0.272 e. The van der Waals surface area contributed by atoms with Crippen molar-refractivity contribution in [2.24, 2.45) is 0 Å². The first-order valence-corrected chi connectivity index (χ1v) is 8.85. The molecule has 0 radical (unpaired) electrons. The molecule has 2 aliphatic rings. The molecule has 3 heterocycles. The molecular formula is C17H13N3O4S. The van der Waals surface area contributed by atoms with Gasteiger partial charge in [-0.3, -0.25) is 10.1 Å². The molecule has 1 fully saturated rings. The molecular weight excluding hydrogens is 342 g/mol. The minimum Gasteiger partial charge on any atom is -0.344 e. The Morgan fingerprint density at radius 1 is 1.28 bits per heavy atom. The van der Waals surface area contributed by atoms with E-state index in [0.29, 0.717) is 23.6 Å². The van der Waals surface area contributed by atoms with Crippen LogP contribution in [0.2, 0.25) is 0 Å². The molecule has 3 aromatic rings. The number of rotatable bonds is 2. The molecule has 2 aromatic carbocycles. The monoisotopic (exact) mass is 355 g/mol. The molecule has 1 aromatic heterocycles. The van der Waals surface area contributed by atoms with Crippen molar-refractivity contribution in [1.29, 1.82) is 0 Å². The zero-order valence-electron chi connectivity index (χ0n) is 13.0. The minimum absolute atomic E-state index is 0.0284. The van der Waals surface area contributed by atoms with Crippen molar-refractivity contribution < 1.29 is 14.4 Å². The van der Waals surface area contributed by atoms with Gasteiger partial charge in [0.2, 0.25) is 6.29 Å². The second kappa shape index (κ2) is 5.55. The fraction of sp³-hybridized carbons (Fsp3) is 0.235. The predicted molar refractivity (Wildman–Crippen MR) is 92.0 cm³/mol. The van der Waals surface area contributed by atoms with Crippen LogP contribution < -0.4 is 0 Å². The average Bonchev–Trinajstić information content (AvgIpc) is 3.24. The molecule has 0 amide bonds. The van der Waals surface area contributed by atoms with Crippen LogP contribution in [0.3, 0.4) is 0 Å². The zero-order valence-corrected chi connectivity index (χ0v) is 13.8. The molecule has 0 spiro atoms. The number of hydrogen-bond donors (Lipinski definition) is 0. The van der Waals surface area contributed by atoms with E-state index >= 15 is 0 Å². The van der Waals surface area contributed by atoms with Gasteiger partial charge in [-0.15, -0.1) is 11.8 Å². The number of para-hydroxylation sites is 1. The van der Waals surface area contributed by atoms with Crippen molar-refractivity contribution in [2.75, 3.05) is 12.4 Å². The molecule has 1 saturated heterocycles. The van der Waals surface area contributed by atoms with Gasteiger partial charge in [0.15, 0.2) is 0 Å². The highest BCUT2D eigenvalue weighted by Gasteiger charge is 2.35. The first kappa shape index (κ1) is 14.9. The number of nitro benzene ring substituents is 1. The lowest BCUT2D eigenvalue weighted by atomic mass is 10.1. The van der Waals surface area contributed by atoms with Gasteiger partial charge in [0.25, 0.3) is 5.69 Å². The maximum atomic E-state index is 11.4. The van der Waals surface area contributed by atoms with E-state index in [-0.39, 0.29) is 16.7 Å². The lowest BCUT2D eigenvalue weighted by Crippen LogP contribution is -2.14. The number of ether oxygens (including phenoxy) is 2. The molecule has 25 heavy (non-hydrogen) atoms. The van der Waals surface area contributed by atoms with Crippen molar-refractivity contribution in [2.45, 2.75) is 17.3 Å². The molecule has 2 bridgehead atoms. The lowest BCUT2D eigenvalue weighted by molar-refractivity contribution is -0.384. The summed E-state index contributed by atoms with van der Waals surface area (Å²) >= 11 is 1.55. The first-order valence-electron chi connectivity index (χ1n) is 7.87. The third-order valence-corrected chi connectivity index (χ3v) is 5.54. The van der Waals surface area contributed by atoms with Crippen LogP contribution in [0.5, 0.6) is 0 Å². The number of nitro groups is 1. The SMILES string of the molecule is O=[N+]([O-])c1cc2c3c(nn(-c4ccccc4)c3c1)[C@H]1OC[C@@H](CS2)O1. The van der Waals surface area contributed by atoms with Crippen molar-refractivity contribution >= 4 is 28.4 Å². The highest BCUT2D eigenvalue weighted by atomic mass is 32.2. The summed E-state index contributed by atoms with van der Waals surface area (Å²) in [4.78, 5) is 11.9. The van der Waals surface area contributed by atoms with Gasteiger partial charge in [-0.05, 0) is 12.1 Å². The third-order valence-electron chi connectivity index (χ3n) is 4.37. The Hall–Kier alpha value is -2.42. The van der Waals surface area contributed by atoms with Crippen LogP contribution in [0.15, 0.2) is 47.4 Å². The van der Waals surface area contributed by atoms with Gasteiger partial charge in [-0.25, -0.2) is 4.68 Å². The summed E-state index contributed by atoms with van der Waals surface area (Å²) in [5.74, 6) is 0.697. The van der Waals surface area contributed by atoms with Crippen molar-refractivity contribution in [3.8, 4) is 5.69 Å². The summed E-state index contributed by atoms with van der Waals surface area (Å²) < 4.78 is 13.4. The standard InChI is InChI=1S/C17H13N3O4S/c21-20(22)11-6-13-15-14(7-11)25-9-12-8-23-17(24-12)16(15)18-19(13)10-4-2-1-3-5-10/h1-7,12,17H,8-9H2/t12-,17-/m0/s1. The molecule has 5 rings (SSSR count). The fourth-order valence-corrected chi connectivity index (χ4v) is 4.33. The Balaban J connectivity index is 1.84. The van der Waals surface area contributed by atoms with Gasteiger partial charge in [0.05, 0.1) is 28.8 Å². The second-order valence-electron chi connectivity index (χ2n) is 5.96. The Kier molecular flexibility index (Phi) is 3.30. The van der Waals surface area contributed by atoms with Crippen LogP contribution >= 0.6 is 11.8 Å². The predicted octanol–water partition coefficient (Wildman–Crippen LogP) is 3.45. The quantitative estimate of drug-likeness (QED) is 0.517. The molecule has 2 aliphatic heterocycles. The lowest BCUT2D eigenvalue weighted by Gasteiger charge is -2.14. The van der Waals surface area contributed by atoms with E-state index in [0.717, 1.165) is 16.0 Å². The Labute approximate surface area is 146 Å². The van der Waals surface area contributed by atoms with Crippen molar-refractivity contribution in [1.82, 2.24) is 9.78 Å². The van der Waals surface area contributed by atoms with E-state index in [2.05, 4.69) is 0 Å². The van der Waals surface area contributed by atoms with Gasteiger partial charge in [-0.2, -0.15) is 5.10 Å². The number of non-ortho nitro benzene ring substituents is 1. The van der Waals surface area contributed by atoms with E-state index in [1.807, 2.05) is 30.3 Å². The maximum absolute atomic E-state index is 11.4. The van der Waals surface area contributed by atoms with E-state index in [4.69, 9.17) is 14.6 Å². The first-order chi connectivity index (χ1) is 12.2. The molecule has 126 valence electrons. The van der Waals surface area contributed by atoms with Crippen LogP contribution in [0.25, 0.3) is 16.6 Å². The summed E-state index contributed by atoms with van der Waals surface area (Å²) in [5, 5.41) is 17.0. The second-order valence-corrected chi connectivity index (χ2v) is 7.02. The Morgan fingerprint density at radius 2 is 2.12 bits per heavy atom. The van der Waals surface area contributed by atoms with Crippen molar-refractivity contribution in [3.63, 3.8) is 0 Å². The van der Waals surface area contributed by atoms with Crippen LogP contribution in [0.1, 0.15) is 12.0 Å². The van der Waals surface area contributed by atoms with E-state index in [1.54, 1.807) is 28.6 Å². The summed E-state index contributed by atoms with van der Waals surface area (Å²) in [6.07, 6.45) is -0.557.